The van der Waals surface area contributed by atoms with Crippen molar-refractivity contribution < 1.29 is 9.59 Å². The molecule has 1 amide bonds. The molecule has 0 aromatic carbocycles. The van der Waals surface area contributed by atoms with E-state index in [1.807, 2.05) is 17.0 Å². The molecule has 0 saturated heterocycles. The van der Waals surface area contributed by atoms with Gasteiger partial charge in [0.15, 0.2) is 5.78 Å². The monoisotopic (exact) mass is 274 g/mol. The van der Waals surface area contributed by atoms with Crippen LogP contribution in [0.25, 0.3) is 0 Å². The minimum Gasteiger partial charge on any atom is -0.352 e. The molecule has 4 nitrogen and oxygen atoms in total. The third kappa shape index (κ3) is 2.94. The summed E-state index contributed by atoms with van der Waals surface area (Å²) in [7, 11) is 0. The normalized spacial score (nSPS) is 19.7. The summed E-state index contributed by atoms with van der Waals surface area (Å²) in [6.07, 6.45) is 12.3. The quantitative estimate of drug-likeness (QED) is 0.920. The number of nitrogens with one attached hydrogen (secondary N) is 1. The van der Waals surface area contributed by atoms with E-state index in [4.69, 9.17) is 0 Å². The Kier molecular flexibility index (Phi) is 3.90. The molecule has 0 radical (unpaired) electrons. The van der Waals surface area contributed by atoms with E-state index in [-0.39, 0.29) is 11.7 Å². The smallest absolute Gasteiger partial charge is 0.240 e. The van der Waals surface area contributed by atoms with E-state index in [1.54, 1.807) is 0 Å². The first kappa shape index (κ1) is 13.4. The van der Waals surface area contributed by atoms with Crippen molar-refractivity contribution in [2.24, 2.45) is 0 Å². The zero-order valence-corrected chi connectivity index (χ0v) is 11.9. The van der Waals surface area contributed by atoms with Gasteiger partial charge in [0.2, 0.25) is 5.91 Å². The van der Waals surface area contributed by atoms with Gasteiger partial charge in [-0.05, 0) is 31.2 Å². The number of rotatable bonds is 3. The highest BCUT2D eigenvalue weighted by atomic mass is 16.2. The molecule has 0 bridgehead atoms. The van der Waals surface area contributed by atoms with Crippen molar-refractivity contribution in [2.45, 2.75) is 64.0 Å². The van der Waals surface area contributed by atoms with E-state index in [0.717, 1.165) is 36.8 Å². The average molecular weight is 274 g/mol. The maximum atomic E-state index is 12.1. The highest BCUT2D eigenvalue weighted by molar-refractivity contribution is 5.98. The Morgan fingerprint density at radius 1 is 1.15 bits per heavy atom. The highest BCUT2D eigenvalue weighted by Crippen LogP contribution is 2.22. The molecule has 4 heteroatoms. The minimum atomic E-state index is 0.0664. The van der Waals surface area contributed by atoms with Crippen LogP contribution >= 0.6 is 0 Å². The van der Waals surface area contributed by atoms with Crippen molar-refractivity contribution in [1.82, 2.24) is 9.88 Å². The summed E-state index contributed by atoms with van der Waals surface area (Å²) in [5, 5.41) is 3.11. The zero-order chi connectivity index (χ0) is 13.9. The lowest BCUT2D eigenvalue weighted by molar-refractivity contribution is -0.122. The zero-order valence-electron chi connectivity index (χ0n) is 11.9. The van der Waals surface area contributed by atoms with Crippen LogP contribution in [0, 0.1) is 0 Å². The van der Waals surface area contributed by atoms with Crippen LogP contribution in [0.2, 0.25) is 0 Å². The molecule has 1 saturated carbocycles. The van der Waals surface area contributed by atoms with Crippen molar-refractivity contribution in [3.05, 3.63) is 23.5 Å². The van der Waals surface area contributed by atoms with Crippen molar-refractivity contribution >= 4 is 11.7 Å². The number of hydrogen-bond acceptors (Lipinski definition) is 2. The number of aromatic nitrogens is 1. The summed E-state index contributed by atoms with van der Waals surface area (Å²) in [4.78, 5) is 23.8. The molecule has 2 aliphatic rings. The summed E-state index contributed by atoms with van der Waals surface area (Å²) in [5.74, 6) is 0.286. The SMILES string of the molecule is O=C(Cn1cc2c(c1)C(=O)CCC2)NC1CCCCC1. The maximum absolute atomic E-state index is 12.1. The largest absolute Gasteiger partial charge is 0.352 e. The Labute approximate surface area is 119 Å². The van der Waals surface area contributed by atoms with Crippen LogP contribution in [0.5, 0.6) is 0 Å². The lowest BCUT2D eigenvalue weighted by Gasteiger charge is -2.22. The van der Waals surface area contributed by atoms with Crippen LogP contribution in [0.4, 0.5) is 0 Å². The first-order chi connectivity index (χ1) is 9.72. The van der Waals surface area contributed by atoms with Gasteiger partial charge in [-0.1, -0.05) is 19.3 Å². The standard InChI is InChI=1S/C16H22N2O2/c19-15-8-4-5-12-9-18(10-14(12)15)11-16(20)17-13-6-2-1-3-7-13/h9-10,13H,1-8,11H2,(H,17,20). The van der Waals surface area contributed by atoms with Crippen molar-refractivity contribution in [2.75, 3.05) is 0 Å². The molecule has 1 heterocycles. The molecule has 0 spiro atoms. The van der Waals surface area contributed by atoms with Gasteiger partial charge in [0, 0.05) is 30.4 Å². The number of carbonyl (C=O) groups is 2. The van der Waals surface area contributed by atoms with Crippen LogP contribution in [-0.4, -0.2) is 22.3 Å². The number of Topliss-reactive ketones (excluding diaryl/α,β-unsaturated/α-hetero) is 1. The van der Waals surface area contributed by atoms with E-state index >= 15 is 0 Å². The van der Waals surface area contributed by atoms with Gasteiger partial charge in [-0.2, -0.15) is 0 Å². The third-order valence-electron chi connectivity index (χ3n) is 4.41. The number of hydrogen-bond donors (Lipinski definition) is 1. The van der Waals surface area contributed by atoms with Gasteiger partial charge in [-0.3, -0.25) is 9.59 Å². The number of carbonyl (C=O) groups excluding carboxylic acids is 2. The third-order valence-corrected chi connectivity index (χ3v) is 4.41. The van der Waals surface area contributed by atoms with Gasteiger partial charge in [-0.25, -0.2) is 0 Å². The van der Waals surface area contributed by atoms with Crippen molar-refractivity contribution in [3.63, 3.8) is 0 Å². The number of nitrogens with zero attached hydrogens (tertiary/aromatic N) is 1. The Morgan fingerprint density at radius 3 is 2.70 bits per heavy atom. The van der Waals surface area contributed by atoms with E-state index in [9.17, 15) is 9.59 Å². The molecule has 3 rings (SSSR count). The average Bonchev–Trinajstić information content (AvgIpc) is 2.83. The predicted molar refractivity (Wildman–Crippen MR) is 76.7 cm³/mol. The second-order valence-electron chi connectivity index (χ2n) is 6.05. The molecule has 0 aliphatic heterocycles. The lowest BCUT2D eigenvalue weighted by atomic mass is 9.95. The Balaban J connectivity index is 1.60. The van der Waals surface area contributed by atoms with Crippen molar-refractivity contribution in [3.8, 4) is 0 Å². The molecular formula is C16H22N2O2. The molecule has 1 aromatic rings. The Hall–Kier alpha value is -1.58. The minimum absolute atomic E-state index is 0.0664. The molecule has 2 aliphatic carbocycles. The first-order valence-electron chi connectivity index (χ1n) is 7.73. The van der Waals surface area contributed by atoms with Crippen LogP contribution in [0.15, 0.2) is 12.4 Å². The summed E-state index contributed by atoms with van der Waals surface area (Å²) in [6.45, 7) is 0.330. The topological polar surface area (TPSA) is 51.1 Å². The summed E-state index contributed by atoms with van der Waals surface area (Å²) in [5.41, 5.74) is 1.92. The number of amides is 1. The van der Waals surface area contributed by atoms with Crippen LogP contribution < -0.4 is 5.32 Å². The first-order valence-corrected chi connectivity index (χ1v) is 7.73. The maximum Gasteiger partial charge on any atom is 0.240 e. The van der Waals surface area contributed by atoms with Crippen LogP contribution in [0.3, 0.4) is 0 Å². The number of aryl methyl sites for hydroxylation is 1. The Morgan fingerprint density at radius 2 is 1.95 bits per heavy atom. The lowest BCUT2D eigenvalue weighted by Crippen LogP contribution is -2.38. The predicted octanol–water partition coefficient (Wildman–Crippen LogP) is 2.46. The fourth-order valence-corrected chi connectivity index (χ4v) is 3.36. The molecule has 20 heavy (non-hydrogen) atoms. The van der Waals surface area contributed by atoms with E-state index in [1.165, 1.54) is 19.3 Å². The van der Waals surface area contributed by atoms with E-state index in [0.29, 0.717) is 19.0 Å². The fourth-order valence-electron chi connectivity index (χ4n) is 3.36. The molecule has 1 N–H and O–H groups in total. The Bertz CT molecular complexity index is 513. The fraction of sp³-hybridized carbons (Fsp3) is 0.625. The van der Waals surface area contributed by atoms with Crippen LogP contribution in [-0.2, 0) is 17.8 Å². The summed E-state index contributed by atoms with van der Waals surface area (Å²) in [6, 6.07) is 0.350. The molecule has 108 valence electrons. The highest BCUT2D eigenvalue weighted by Gasteiger charge is 2.20. The molecule has 1 aromatic heterocycles. The van der Waals surface area contributed by atoms with Gasteiger partial charge in [0.1, 0.15) is 6.54 Å². The molecule has 0 unspecified atom stereocenters. The molecule has 0 atom stereocenters. The second kappa shape index (κ2) is 5.81. The number of fused-ring (bicyclic) bond motifs is 1. The van der Waals surface area contributed by atoms with Gasteiger partial charge < -0.3 is 9.88 Å². The van der Waals surface area contributed by atoms with Gasteiger partial charge >= 0.3 is 0 Å². The van der Waals surface area contributed by atoms with Crippen molar-refractivity contribution in [1.29, 1.82) is 0 Å². The number of ketones is 1. The van der Waals surface area contributed by atoms with Gasteiger partial charge in [0.25, 0.3) is 0 Å². The van der Waals surface area contributed by atoms with E-state index < -0.39 is 0 Å². The molecular weight excluding hydrogens is 252 g/mol. The molecule has 1 fully saturated rings. The summed E-state index contributed by atoms with van der Waals surface area (Å²) < 4.78 is 1.87. The second-order valence-corrected chi connectivity index (χ2v) is 6.05. The summed E-state index contributed by atoms with van der Waals surface area (Å²) >= 11 is 0. The van der Waals surface area contributed by atoms with Gasteiger partial charge in [-0.15, -0.1) is 0 Å². The van der Waals surface area contributed by atoms with Crippen LogP contribution in [0.1, 0.15) is 60.9 Å². The van der Waals surface area contributed by atoms with E-state index in [2.05, 4.69) is 5.32 Å². The van der Waals surface area contributed by atoms with Gasteiger partial charge in [0.05, 0.1) is 0 Å².